The van der Waals surface area contributed by atoms with Crippen LogP contribution in [0.5, 0.6) is 0 Å². The number of ether oxygens (including phenoxy) is 3. The van der Waals surface area contributed by atoms with Crippen molar-refractivity contribution in [2.24, 2.45) is 0 Å². The Hall–Kier alpha value is -2.04. The van der Waals surface area contributed by atoms with E-state index in [1.54, 1.807) is 0 Å². The van der Waals surface area contributed by atoms with Crippen LogP contribution in [0.2, 0.25) is 0 Å². The van der Waals surface area contributed by atoms with Crippen molar-refractivity contribution in [3.05, 3.63) is 37.6 Å². The highest BCUT2D eigenvalue weighted by molar-refractivity contribution is 5.87. The van der Waals surface area contributed by atoms with Gasteiger partial charge < -0.3 is 14.2 Å². The first-order chi connectivity index (χ1) is 8.35. The molecule has 0 radical (unpaired) electrons. The molecule has 0 aromatic carbocycles. The van der Waals surface area contributed by atoms with Crippen molar-refractivity contribution in [3.63, 3.8) is 0 Å². The third-order valence-electron chi connectivity index (χ3n) is 1.76. The average molecular weight is 254 g/mol. The minimum Gasteiger partial charge on any atom is -0.469 e. The summed E-state index contributed by atoms with van der Waals surface area (Å²) in [7, 11) is 0. The molecule has 18 heavy (non-hydrogen) atoms. The Labute approximate surface area is 107 Å². The second kappa shape index (κ2) is 7.32. The molecule has 0 aliphatic rings. The molecule has 0 aliphatic heterocycles. The summed E-state index contributed by atoms with van der Waals surface area (Å²) in [6.45, 7) is 13.3. The fourth-order valence-corrected chi connectivity index (χ4v) is 0.915. The predicted octanol–water partition coefficient (Wildman–Crippen LogP) is 1.75. The summed E-state index contributed by atoms with van der Waals surface area (Å²) in [5, 5.41) is 0. The van der Waals surface area contributed by atoms with Crippen LogP contribution in [0, 0.1) is 0 Å². The highest BCUT2D eigenvalue weighted by Gasteiger charge is 2.33. The summed E-state index contributed by atoms with van der Waals surface area (Å²) < 4.78 is 14.7. The normalized spacial score (nSPS) is 10.1. The Morgan fingerprint density at radius 1 is 1.11 bits per heavy atom. The second-order valence-electron chi connectivity index (χ2n) is 3.81. The zero-order valence-corrected chi connectivity index (χ0v) is 10.7. The van der Waals surface area contributed by atoms with Gasteiger partial charge in [-0.1, -0.05) is 25.3 Å². The summed E-state index contributed by atoms with van der Waals surface area (Å²) in [5.74, 6) is -1.64. The van der Waals surface area contributed by atoms with Crippen LogP contribution in [0.1, 0.15) is 13.8 Å². The van der Waals surface area contributed by atoms with Crippen molar-refractivity contribution in [3.8, 4) is 0 Å². The van der Waals surface area contributed by atoms with E-state index in [4.69, 9.17) is 14.2 Å². The van der Waals surface area contributed by atoms with Gasteiger partial charge in [-0.25, -0.2) is 9.59 Å². The van der Waals surface area contributed by atoms with Gasteiger partial charge >= 0.3 is 11.9 Å². The van der Waals surface area contributed by atoms with Gasteiger partial charge in [-0.15, -0.1) is 0 Å². The van der Waals surface area contributed by atoms with Gasteiger partial charge in [0.2, 0.25) is 5.60 Å². The fraction of sp³-hybridized carbons (Fsp3) is 0.385. The van der Waals surface area contributed by atoms with Gasteiger partial charge in [-0.3, -0.25) is 0 Å². The zero-order chi connectivity index (χ0) is 14.2. The molecule has 5 nitrogen and oxygen atoms in total. The van der Waals surface area contributed by atoms with Gasteiger partial charge in [0.15, 0.2) is 5.76 Å². The first kappa shape index (κ1) is 16.0. The highest BCUT2D eigenvalue weighted by atomic mass is 16.6. The maximum atomic E-state index is 11.6. The van der Waals surface area contributed by atoms with E-state index in [1.807, 2.05) is 0 Å². The molecule has 0 spiro atoms. The van der Waals surface area contributed by atoms with Crippen molar-refractivity contribution >= 4 is 11.9 Å². The molecule has 0 amide bonds. The van der Waals surface area contributed by atoms with Crippen LogP contribution in [0.4, 0.5) is 0 Å². The minimum atomic E-state index is -1.33. The number of carbonyl (C=O) groups is 2. The molecule has 0 saturated carbocycles. The third kappa shape index (κ3) is 5.34. The molecule has 0 atom stereocenters. The maximum Gasteiger partial charge on any atom is 0.373 e. The molecule has 0 rings (SSSR count). The van der Waals surface area contributed by atoms with Crippen molar-refractivity contribution in [2.45, 2.75) is 19.4 Å². The van der Waals surface area contributed by atoms with Crippen molar-refractivity contribution < 1.29 is 23.8 Å². The number of hydrogen-bond donors (Lipinski definition) is 0. The Morgan fingerprint density at radius 3 is 2.11 bits per heavy atom. The first-order valence-electron chi connectivity index (χ1n) is 5.29. The molecule has 0 aliphatic carbocycles. The van der Waals surface area contributed by atoms with Gasteiger partial charge in [-0.2, -0.15) is 0 Å². The van der Waals surface area contributed by atoms with E-state index >= 15 is 0 Å². The van der Waals surface area contributed by atoms with E-state index in [0.717, 1.165) is 0 Å². The predicted molar refractivity (Wildman–Crippen MR) is 66.6 cm³/mol. The lowest BCUT2D eigenvalue weighted by molar-refractivity contribution is -0.165. The molecule has 0 aromatic heterocycles. The van der Waals surface area contributed by atoms with Crippen LogP contribution in [0.25, 0.3) is 0 Å². The molecule has 0 fully saturated rings. The molecule has 100 valence electrons. The number of rotatable bonds is 8. The average Bonchev–Trinajstić information content (AvgIpc) is 2.32. The largest absolute Gasteiger partial charge is 0.469 e. The topological polar surface area (TPSA) is 61.8 Å². The molecule has 0 heterocycles. The summed E-state index contributed by atoms with van der Waals surface area (Å²) >= 11 is 0. The number of esters is 2. The Morgan fingerprint density at radius 2 is 1.61 bits per heavy atom. The van der Waals surface area contributed by atoms with E-state index < -0.39 is 17.5 Å². The molecule has 0 aromatic rings. The Bertz CT molecular complexity index is 354. The van der Waals surface area contributed by atoms with E-state index in [0.29, 0.717) is 0 Å². The van der Waals surface area contributed by atoms with Crippen molar-refractivity contribution in [2.75, 3.05) is 13.2 Å². The number of hydrogen-bond acceptors (Lipinski definition) is 5. The lowest BCUT2D eigenvalue weighted by Gasteiger charge is -2.24. The van der Waals surface area contributed by atoms with Gasteiger partial charge in [-0.05, 0) is 20.4 Å². The fourth-order valence-electron chi connectivity index (χ4n) is 0.915. The molecule has 0 unspecified atom stereocenters. The van der Waals surface area contributed by atoms with Crippen LogP contribution in [-0.4, -0.2) is 30.8 Å². The standard InChI is InChI=1S/C13H18O5/c1-6-8-16-11(14)10(3)18-13(4,5)12(15)17-9-7-2/h6-7H,1-3,8-9H2,4-5H3. The molecule has 0 bridgehead atoms. The van der Waals surface area contributed by atoms with Crippen LogP contribution in [0.3, 0.4) is 0 Å². The van der Waals surface area contributed by atoms with Crippen LogP contribution < -0.4 is 0 Å². The first-order valence-corrected chi connectivity index (χ1v) is 5.29. The van der Waals surface area contributed by atoms with Crippen molar-refractivity contribution in [1.82, 2.24) is 0 Å². The molecule has 0 saturated heterocycles. The van der Waals surface area contributed by atoms with Gasteiger partial charge in [0.1, 0.15) is 13.2 Å². The smallest absolute Gasteiger partial charge is 0.373 e. The third-order valence-corrected chi connectivity index (χ3v) is 1.76. The lowest BCUT2D eigenvalue weighted by atomic mass is 10.1. The maximum absolute atomic E-state index is 11.6. The van der Waals surface area contributed by atoms with Crippen LogP contribution in [-0.2, 0) is 23.8 Å². The number of carbonyl (C=O) groups excluding carboxylic acids is 2. The summed E-state index contributed by atoms with van der Waals surface area (Å²) in [5.41, 5.74) is -1.33. The quantitative estimate of drug-likeness (QED) is 0.286. The van der Waals surface area contributed by atoms with Gasteiger partial charge in [0.25, 0.3) is 0 Å². The van der Waals surface area contributed by atoms with E-state index in [9.17, 15) is 9.59 Å². The molecule has 5 heteroatoms. The van der Waals surface area contributed by atoms with Crippen LogP contribution in [0.15, 0.2) is 37.6 Å². The summed E-state index contributed by atoms with van der Waals surface area (Å²) in [4.78, 5) is 22.9. The lowest BCUT2D eigenvalue weighted by Crippen LogP contribution is -2.37. The summed E-state index contributed by atoms with van der Waals surface area (Å²) in [6.07, 6.45) is 2.84. The van der Waals surface area contributed by atoms with E-state index in [2.05, 4.69) is 19.7 Å². The monoisotopic (exact) mass is 254 g/mol. The minimum absolute atomic E-state index is 0.0442. The summed E-state index contributed by atoms with van der Waals surface area (Å²) in [6, 6.07) is 0. The SMILES string of the molecule is C=CCOC(=O)C(=C)OC(C)(C)C(=O)OCC=C. The van der Waals surface area contributed by atoms with Gasteiger partial charge in [0, 0.05) is 0 Å². The Balaban J connectivity index is 4.42. The van der Waals surface area contributed by atoms with Crippen LogP contribution >= 0.6 is 0 Å². The van der Waals surface area contributed by atoms with E-state index in [1.165, 1.54) is 26.0 Å². The zero-order valence-electron chi connectivity index (χ0n) is 10.7. The van der Waals surface area contributed by atoms with Gasteiger partial charge in [0.05, 0.1) is 0 Å². The van der Waals surface area contributed by atoms with E-state index in [-0.39, 0.29) is 19.0 Å². The molecule has 0 N–H and O–H groups in total. The van der Waals surface area contributed by atoms with Crippen molar-refractivity contribution in [1.29, 1.82) is 0 Å². The highest BCUT2D eigenvalue weighted by Crippen LogP contribution is 2.16. The molecular weight excluding hydrogens is 236 g/mol. The Kier molecular flexibility index (Phi) is 6.49. The second-order valence-corrected chi connectivity index (χ2v) is 3.81. The molecular formula is C13H18O5.